The van der Waals surface area contributed by atoms with Gasteiger partial charge in [-0.15, -0.1) is 0 Å². The van der Waals surface area contributed by atoms with Gasteiger partial charge in [0.15, 0.2) is 0 Å². The summed E-state index contributed by atoms with van der Waals surface area (Å²) in [5.74, 6) is 0.531. The van der Waals surface area contributed by atoms with Gasteiger partial charge >= 0.3 is 12.2 Å². The molecule has 0 radical (unpaired) electrons. The Balaban J connectivity index is 1.63. The third-order valence-corrected chi connectivity index (χ3v) is 5.04. The van der Waals surface area contributed by atoms with Crippen LogP contribution in [0.3, 0.4) is 0 Å². The van der Waals surface area contributed by atoms with Gasteiger partial charge in [0.05, 0.1) is 19.6 Å². The Bertz CT molecular complexity index is 1000. The molecule has 0 N–H and O–H groups in total. The van der Waals surface area contributed by atoms with Crippen LogP contribution in [0.1, 0.15) is 37.5 Å². The van der Waals surface area contributed by atoms with Crippen molar-refractivity contribution in [1.29, 1.82) is 0 Å². The number of carbonyl (C=O) groups excluding carboxylic acids is 2. The number of amides is 2. The van der Waals surface area contributed by atoms with E-state index in [1.165, 1.54) is 9.80 Å². The van der Waals surface area contributed by atoms with Crippen molar-refractivity contribution in [2.24, 2.45) is 4.99 Å². The second kappa shape index (κ2) is 10.0. The summed E-state index contributed by atoms with van der Waals surface area (Å²) in [5, 5.41) is 0.476. The van der Waals surface area contributed by atoms with Crippen LogP contribution in [0.2, 0.25) is 5.02 Å². The molecule has 2 aromatic rings. The highest BCUT2D eigenvalue weighted by Crippen LogP contribution is 2.23. The molecule has 0 bridgehead atoms. The number of rotatable bonds is 5. The number of amidine groups is 1. The zero-order valence-corrected chi connectivity index (χ0v) is 19.6. The van der Waals surface area contributed by atoms with Crippen LogP contribution in [0, 0.1) is 0 Å². The second-order valence-corrected chi connectivity index (χ2v) is 8.95. The van der Waals surface area contributed by atoms with Gasteiger partial charge in [0.2, 0.25) is 0 Å². The van der Waals surface area contributed by atoms with E-state index >= 15 is 0 Å². The first kappa shape index (κ1) is 23.6. The Morgan fingerprint density at radius 3 is 2.53 bits per heavy atom. The first-order valence-electron chi connectivity index (χ1n) is 10.4. The van der Waals surface area contributed by atoms with Crippen molar-refractivity contribution in [3.63, 3.8) is 0 Å². The molecule has 2 aromatic carbocycles. The number of aliphatic imine (C=N–C) groups is 1. The lowest BCUT2D eigenvalue weighted by molar-refractivity contribution is 0.0384. The normalized spacial score (nSPS) is 13.5. The maximum Gasteiger partial charge on any atom is 0.416 e. The number of nitrogens with zero attached hydrogens (tertiary/aromatic N) is 3. The Labute approximate surface area is 193 Å². The van der Waals surface area contributed by atoms with Crippen molar-refractivity contribution in [3.05, 3.63) is 70.2 Å². The van der Waals surface area contributed by atoms with Gasteiger partial charge in [-0.1, -0.05) is 54.1 Å². The highest BCUT2D eigenvalue weighted by molar-refractivity contribution is 6.31. The molecule has 0 saturated heterocycles. The van der Waals surface area contributed by atoms with Crippen LogP contribution in [-0.4, -0.2) is 53.6 Å². The summed E-state index contributed by atoms with van der Waals surface area (Å²) < 4.78 is 10.8. The van der Waals surface area contributed by atoms with Crippen molar-refractivity contribution in [1.82, 2.24) is 9.80 Å². The second-order valence-electron chi connectivity index (χ2n) is 8.54. The van der Waals surface area contributed by atoms with E-state index in [-0.39, 0.29) is 13.2 Å². The number of ether oxygens (including phenoxy) is 2. The van der Waals surface area contributed by atoms with Gasteiger partial charge < -0.3 is 14.4 Å². The molecule has 0 unspecified atom stereocenters. The van der Waals surface area contributed by atoms with Crippen molar-refractivity contribution in [2.75, 3.05) is 20.1 Å². The Morgan fingerprint density at radius 1 is 1.16 bits per heavy atom. The highest BCUT2D eigenvalue weighted by atomic mass is 35.5. The van der Waals surface area contributed by atoms with Crippen molar-refractivity contribution >= 4 is 29.6 Å². The Kier molecular flexibility index (Phi) is 7.40. The summed E-state index contributed by atoms with van der Waals surface area (Å²) in [5.41, 5.74) is 1.81. The fraction of sp³-hybridized carbons (Fsp3) is 0.375. The lowest BCUT2D eigenvalue weighted by Crippen LogP contribution is -2.39. The quantitative estimate of drug-likeness (QED) is 0.625. The number of carbonyl (C=O) groups is 2. The Hall–Kier alpha value is -3.06. The lowest BCUT2D eigenvalue weighted by Gasteiger charge is -2.25. The van der Waals surface area contributed by atoms with Crippen molar-refractivity contribution in [2.45, 2.75) is 39.5 Å². The molecule has 8 heteroatoms. The molecule has 0 spiro atoms. The molecule has 170 valence electrons. The molecule has 2 amide bonds. The summed E-state index contributed by atoms with van der Waals surface area (Å²) in [7, 11) is 1.66. The molecule has 0 aromatic heterocycles. The fourth-order valence-electron chi connectivity index (χ4n) is 3.15. The van der Waals surface area contributed by atoms with Crippen LogP contribution in [0.15, 0.2) is 53.5 Å². The molecule has 0 aliphatic carbocycles. The van der Waals surface area contributed by atoms with E-state index in [0.29, 0.717) is 23.9 Å². The summed E-state index contributed by atoms with van der Waals surface area (Å²) >= 11 is 6.49. The van der Waals surface area contributed by atoms with Gasteiger partial charge in [-0.3, -0.25) is 9.89 Å². The average Bonchev–Trinajstić information content (AvgIpc) is 3.23. The van der Waals surface area contributed by atoms with Crippen molar-refractivity contribution in [3.8, 4) is 0 Å². The minimum Gasteiger partial charge on any atom is -0.445 e. The van der Waals surface area contributed by atoms with E-state index in [2.05, 4.69) is 4.99 Å². The zero-order chi connectivity index (χ0) is 23.3. The van der Waals surface area contributed by atoms with Crippen LogP contribution in [0.25, 0.3) is 0 Å². The van der Waals surface area contributed by atoms with E-state index in [9.17, 15) is 9.59 Å². The summed E-state index contributed by atoms with van der Waals surface area (Å²) in [6, 6.07) is 14.9. The van der Waals surface area contributed by atoms with Crippen LogP contribution < -0.4 is 0 Å². The minimum absolute atomic E-state index is 0.205. The number of hydrogen-bond acceptors (Lipinski definition) is 5. The van der Waals surface area contributed by atoms with Gasteiger partial charge in [0.25, 0.3) is 0 Å². The number of halogens is 1. The van der Waals surface area contributed by atoms with E-state index in [0.717, 1.165) is 16.7 Å². The molecule has 1 heterocycles. The maximum absolute atomic E-state index is 12.5. The minimum atomic E-state index is -0.591. The Morgan fingerprint density at radius 2 is 1.88 bits per heavy atom. The highest BCUT2D eigenvalue weighted by Gasteiger charge is 2.29. The summed E-state index contributed by atoms with van der Waals surface area (Å²) in [6.45, 7) is 6.93. The molecule has 7 nitrogen and oxygen atoms in total. The van der Waals surface area contributed by atoms with Crippen LogP contribution in [0.4, 0.5) is 9.59 Å². The van der Waals surface area contributed by atoms with Crippen LogP contribution >= 0.6 is 11.6 Å². The van der Waals surface area contributed by atoms with E-state index < -0.39 is 17.8 Å². The third kappa shape index (κ3) is 6.23. The predicted molar refractivity (Wildman–Crippen MR) is 124 cm³/mol. The molecule has 1 aliphatic rings. The van der Waals surface area contributed by atoms with E-state index in [1.807, 2.05) is 63.2 Å². The topological polar surface area (TPSA) is 71.4 Å². The molecule has 0 saturated carbocycles. The first-order chi connectivity index (χ1) is 15.1. The maximum atomic E-state index is 12.5. The standard InChI is InChI=1S/C24H28ClN3O4/c1-24(2,3)32-23(30)28-13-12-26-21(28)18-10-11-19(20(25)14-18)15-27(4)22(29)31-16-17-8-6-5-7-9-17/h5-11,14H,12-13,15-16H2,1-4H3. The lowest BCUT2D eigenvalue weighted by atomic mass is 10.1. The number of benzene rings is 2. The monoisotopic (exact) mass is 457 g/mol. The molecule has 32 heavy (non-hydrogen) atoms. The molecule has 3 rings (SSSR count). The van der Waals surface area contributed by atoms with Crippen LogP contribution in [-0.2, 0) is 22.6 Å². The number of hydrogen-bond donors (Lipinski definition) is 0. The third-order valence-electron chi connectivity index (χ3n) is 4.69. The molecule has 0 atom stereocenters. The van der Waals surface area contributed by atoms with Gasteiger partial charge in [-0.2, -0.15) is 0 Å². The average molecular weight is 458 g/mol. The fourth-order valence-corrected chi connectivity index (χ4v) is 3.39. The first-order valence-corrected chi connectivity index (χ1v) is 10.8. The summed E-state index contributed by atoms with van der Waals surface area (Å²) in [4.78, 5) is 32.3. The van der Waals surface area contributed by atoms with Gasteiger partial charge in [0, 0.05) is 17.6 Å². The van der Waals surface area contributed by atoms with Gasteiger partial charge in [0.1, 0.15) is 18.0 Å². The van der Waals surface area contributed by atoms with Gasteiger partial charge in [-0.25, -0.2) is 9.59 Å². The van der Waals surface area contributed by atoms with E-state index in [1.54, 1.807) is 13.1 Å². The SMILES string of the molecule is CN(Cc1ccc(C2=NCCN2C(=O)OC(C)(C)C)cc1Cl)C(=O)OCc1ccccc1. The predicted octanol–water partition coefficient (Wildman–Crippen LogP) is 5.11. The smallest absolute Gasteiger partial charge is 0.416 e. The molecular formula is C24H28ClN3O4. The molecule has 0 fully saturated rings. The van der Waals surface area contributed by atoms with Crippen molar-refractivity contribution < 1.29 is 19.1 Å². The van der Waals surface area contributed by atoms with Crippen LogP contribution in [0.5, 0.6) is 0 Å². The largest absolute Gasteiger partial charge is 0.445 e. The molecule has 1 aliphatic heterocycles. The van der Waals surface area contributed by atoms with E-state index in [4.69, 9.17) is 21.1 Å². The van der Waals surface area contributed by atoms with Gasteiger partial charge in [-0.05, 0) is 38.0 Å². The molecular weight excluding hydrogens is 430 g/mol. The summed E-state index contributed by atoms with van der Waals surface area (Å²) in [6.07, 6.45) is -0.875. The zero-order valence-electron chi connectivity index (χ0n) is 18.8.